The Labute approximate surface area is 218 Å². The maximum Gasteiger partial charge on any atom is 0.408 e. The number of carbonyl (C=O) groups is 3. The minimum absolute atomic E-state index is 0.0585. The molecule has 0 radical (unpaired) electrons. The first-order chi connectivity index (χ1) is 18.0. The summed E-state index contributed by atoms with van der Waals surface area (Å²) < 4.78 is 10.6. The van der Waals surface area contributed by atoms with Gasteiger partial charge in [0.2, 0.25) is 0 Å². The lowest BCUT2D eigenvalue weighted by Gasteiger charge is -2.20. The lowest BCUT2D eigenvalue weighted by molar-refractivity contribution is -0.164. The van der Waals surface area contributed by atoms with Crippen LogP contribution in [0.5, 0.6) is 0 Å². The van der Waals surface area contributed by atoms with Crippen LogP contribution < -0.4 is 10.6 Å². The van der Waals surface area contributed by atoms with Gasteiger partial charge < -0.3 is 20.1 Å². The highest BCUT2D eigenvalue weighted by Gasteiger charge is 2.29. The molecule has 7 heteroatoms. The third-order valence-electron chi connectivity index (χ3n) is 5.87. The molecule has 7 nitrogen and oxygen atoms in total. The van der Waals surface area contributed by atoms with Gasteiger partial charge in [0.25, 0.3) is 0 Å². The van der Waals surface area contributed by atoms with Gasteiger partial charge in [-0.05, 0) is 36.1 Å². The molecule has 0 fully saturated rings. The van der Waals surface area contributed by atoms with E-state index >= 15 is 0 Å². The summed E-state index contributed by atoms with van der Waals surface area (Å²) in [6.45, 7) is 3.09. The lowest BCUT2D eigenvalue weighted by atomic mass is 9.99. The maximum absolute atomic E-state index is 13.1. The number of hydrogen-bond donors (Lipinski definition) is 2. The Hall–Kier alpha value is -3.97. The van der Waals surface area contributed by atoms with Crippen LogP contribution >= 0.6 is 0 Å². The molecular weight excluding hydrogens is 468 g/mol. The number of nitrogens with one attached hydrogen (secondary N) is 2. The second-order valence-corrected chi connectivity index (χ2v) is 8.72. The highest BCUT2D eigenvalue weighted by atomic mass is 16.6. The molecule has 0 unspecified atom stereocenters. The van der Waals surface area contributed by atoms with Gasteiger partial charge in [-0.1, -0.05) is 97.9 Å². The molecule has 0 aromatic heterocycles. The molecule has 3 rings (SSSR count). The molecule has 0 spiro atoms. The Bertz CT molecular complexity index is 1110. The quantitative estimate of drug-likeness (QED) is 0.265. The fourth-order valence-corrected chi connectivity index (χ4v) is 3.81. The normalized spacial score (nSPS) is 12.2. The van der Waals surface area contributed by atoms with Crippen molar-refractivity contribution < 1.29 is 23.9 Å². The van der Waals surface area contributed by atoms with Crippen molar-refractivity contribution in [3.05, 3.63) is 108 Å². The molecule has 0 aliphatic rings. The molecule has 194 valence electrons. The van der Waals surface area contributed by atoms with E-state index in [0.717, 1.165) is 16.7 Å². The third-order valence-corrected chi connectivity index (χ3v) is 5.87. The van der Waals surface area contributed by atoms with Gasteiger partial charge in [0, 0.05) is 13.0 Å². The van der Waals surface area contributed by atoms with E-state index in [4.69, 9.17) is 9.47 Å². The molecule has 2 N–H and O–H groups in total. The van der Waals surface area contributed by atoms with Crippen molar-refractivity contribution in [2.45, 2.75) is 38.8 Å². The molecule has 0 saturated heterocycles. The molecule has 0 bridgehead atoms. The zero-order valence-electron chi connectivity index (χ0n) is 21.1. The molecule has 0 aliphatic heterocycles. The van der Waals surface area contributed by atoms with E-state index in [9.17, 15) is 14.4 Å². The number of rotatable bonds is 13. The van der Waals surface area contributed by atoms with Gasteiger partial charge in [0.15, 0.2) is 0 Å². The Morgan fingerprint density at radius 1 is 0.757 bits per heavy atom. The van der Waals surface area contributed by atoms with E-state index in [-0.39, 0.29) is 13.0 Å². The number of esters is 2. The van der Waals surface area contributed by atoms with Crippen LogP contribution in [-0.2, 0) is 38.5 Å². The zero-order valence-corrected chi connectivity index (χ0v) is 21.1. The summed E-state index contributed by atoms with van der Waals surface area (Å²) in [6.07, 6.45) is 0.605. The second-order valence-electron chi connectivity index (χ2n) is 8.72. The van der Waals surface area contributed by atoms with Crippen molar-refractivity contribution >= 4 is 18.0 Å². The van der Waals surface area contributed by atoms with E-state index in [1.807, 2.05) is 97.9 Å². The number of benzene rings is 3. The predicted octanol–water partition coefficient (Wildman–Crippen LogP) is 4.45. The number of carbonyl (C=O) groups excluding carboxylic acids is 3. The Morgan fingerprint density at radius 3 is 1.92 bits per heavy atom. The molecule has 0 aliphatic carbocycles. The fraction of sp³-hybridized carbons (Fsp3) is 0.300. The highest BCUT2D eigenvalue weighted by molar-refractivity contribution is 5.91. The predicted molar refractivity (Wildman–Crippen MR) is 142 cm³/mol. The zero-order chi connectivity index (χ0) is 26.3. The topological polar surface area (TPSA) is 93.7 Å². The van der Waals surface area contributed by atoms with E-state index in [2.05, 4.69) is 10.6 Å². The van der Waals surface area contributed by atoms with Crippen molar-refractivity contribution in [1.82, 2.24) is 10.6 Å². The SMILES string of the molecule is CCNC[C@H](CCc1ccccc1)C(=O)OC(=O)[C@@H](Cc1ccccc1)NC(=O)OCc1ccccc1. The summed E-state index contributed by atoms with van der Waals surface area (Å²) in [5.41, 5.74) is 2.74. The van der Waals surface area contributed by atoms with E-state index in [0.29, 0.717) is 25.9 Å². The van der Waals surface area contributed by atoms with Crippen LogP contribution in [0.1, 0.15) is 30.0 Å². The van der Waals surface area contributed by atoms with Gasteiger partial charge in [0.05, 0.1) is 5.92 Å². The van der Waals surface area contributed by atoms with Gasteiger partial charge in [-0.2, -0.15) is 0 Å². The number of alkyl carbamates (subject to hydrolysis) is 1. The van der Waals surface area contributed by atoms with Gasteiger partial charge in [-0.15, -0.1) is 0 Å². The van der Waals surface area contributed by atoms with Gasteiger partial charge in [-0.25, -0.2) is 9.59 Å². The molecule has 2 atom stereocenters. The van der Waals surface area contributed by atoms with Crippen LogP contribution in [0.4, 0.5) is 4.79 Å². The van der Waals surface area contributed by atoms with Crippen molar-refractivity contribution in [2.75, 3.05) is 13.1 Å². The largest absolute Gasteiger partial charge is 0.445 e. The van der Waals surface area contributed by atoms with Gasteiger partial charge >= 0.3 is 18.0 Å². The summed E-state index contributed by atoms with van der Waals surface area (Å²) in [5.74, 6) is -1.93. The van der Waals surface area contributed by atoms with Crippen molar-refractivity contribution in [3.8, 4) is 0 Å². The monoisotopic (exact) mass is 502 g/mol. The number of amides is 1. The highest BCUT2D eigenvalue weighted by Crippen LogP contribution is 2.13. The first kappa shape index (κ1) is 27.6. The Kier molecular flexibility index (Phi) is 11.4. The molecule has 1 amide bonds. The Balaban J connectivity index is 1.64. The maximum atomic E-state index is 13.1. The summed E-state index contributed by atoms with van der Waals surface area (Å²) in [4.78, 5) is 38.6. The van der Waals surface area contributed by atoms with E-state index in [1.165, 1.54) is 0 Å². The lowest BCUT2D eigenvalue weighted by Crippen LogP contribution is -2.45. The average molecular weight is 503 g/mol. The van der Waals surface area contributed by atoms with Crippen LogP contribution in [0.2, 0.25) is 0 Å². The average Bonchev–Trinajstić information content (AvgIpc) is 2.93. The summed E-state index contributed by atoms with van der Waals surface area (Å²) in [7, 11) is 0. The van der Waals surface area contributed by atoms with Crippen LogP contribution in [0.3, 0.4) is 0 Å². The van der Waals surface area contributed by atoms with Crippen LogP contribution in [0, 0.1) is 5.92 Å². The van der Waals surface area contributed by atoms with Crippen molar-refractivity contribution in [2.24, 2.45) is 5.92 Å². The molecule has 0 heterocycles. The Morgan fingerprint density at radius 2 is 1.32 bits per heavy atom. The third kappa shape index (κ3) is 9.89. The summed E-state index contributed by atoms with van der Waals surface area (Å²) in [6, 6.07) is 27.2. The smallest absolute Gasteiger partial charge is 0.408 e. The van der Waals surface area contributed by atoms with Crippen LogP contribution in [0.15, 0.2) is 91.0 Å². The second kappa shape index (κ2) is 15.2. The van der Waals surface area contributed by atoms with E-state index < -0.39 is 30.0 Å². The molecular formula is C30H34N2O5. The van der Waals surface area contributed by atoms with Crippen molar-refractivity contribution in [3.63, 3.8) is 0 Å². The minimum atomic E-state index is -1.08. The van der Waals surface area contributed by atoms with Gasteiger partial charge in [0.1, 0.15) is 12.6 Å². The summed E-state index contributed by atoms with van der Waals surface area (Å²) in [5, 5.41) is 5.75. The van der Waals surface area contributed by atoms with Crippen molar-refractivity contribution in [1.29, 1.82) is 0 Å². The van der Waals surface area contributed by atoms with Gasteiger partial charge in [-0.3, -0.25) is 4.79 Å². The fourth-order valence-electron chi connectivity index (χ4n) is 3.81. The number of aryl methyl sites for hydroxylation is 1. The van der Waals surface area contributed by atoms with E-state index in [1.54, 1.807) is 0 Å². The molecule has 3 aromatic rings. The standard InChI is InChI=1S/C30H34N2O5/c1-2-31-21-26(19-18-23-12-6-3-7-13-23)28(33)37-29(34)27(20-24-14-8-4-9-15-24)32-30(35)36-22-25-16-10-5-11-17-25/h3-17,26-27,31H,2,18-22H2,1H3,(H,32,35)/t26-,27+/m0/s1. The number of ether oxygens (including phenoxy) is 2. The minimum Gasteiger partial charge on any atom is -0.445 e. The first-order valence-electron chi connectivity index (χ1n) is 12.6. The first-order valence-corrected chi connectivity index (χ1v) is 12.6. The molecule has 3 aromatic carbocycles. The molecule has 0 saturated carbocycles. The van der Waals surface area contributed by atoms with Crippen LogP contribution in [0.25, 0.3) is 0 Å². The van der Waals surface area contributed by atoms with Crippen LogP contribution in [-0.4, -0.2) is 37.2 Å². The summed E-state index contributed by atoms with van der Waals surface area (Å²) >= 11 is 0. The number of hydrogen-bond acceptors (Lipinski definition) is 6. The molecule has 37 heavy (non-hydrogen) atoms.